The van der Waals surface area contributed by atoms with Crippen molar-refractivity contribution in [2.24, 2.45) is 0 Å². The Morgan fingerprint density at radius 1 is 1.35 bits per heavy atom. The molecule has 0 unspecified atom stereocenters. The van der Waals surface area contributed by atoms with Crippen LogP contribution in [0.4, 0.5) is 0 Å². The largest absolute Gasteiger partial charge is 0.337 e. The van der Waals surface area contributed by atoms with Crippen LogP contribution in [0.15, 0.2) is 18.7 Å². The van der Waals surface area contributed by atoms with Gasteiger partial charge < -0.3 is 14.4 Å². The molecule has 1 saturated heterocycles. The Hall–Kier alpha value is -1.85. The molecular weight excluding hydrogens is 256 g/mol. The summed E-state index contributed by atoms with van der Waals surface area (Å²) in [5.74, 6) is 0.0559. The van der Waals surface area contributed by atoms with Gasteiger partial charge >= 0.3 is 0 Å². The number of imidazole rings is 1. The second kappa shape index (κ2) is 5.64. The molecule has 2 rings (SSSR count). The molecular formula is C14H22N4O2. The number of aromatic nitrogens is 2. The van der Waals surface area contributed by atoms with E-state index in [0.717, 1.165) is 0 Å². The molecule has 110 valence electrons. The summed E-state index contributed by atoms with van der Waals surface area (Å²) >= 11 is 0. The number of aryl methyl sites for hydroxylation is 1. The molecule has 2 heterocycles. The van der Waals surface area contributed by atoms with Crippen LogP contribution >= 0.6 is 0 Å². The standard InChI is InChI=1S/C14H22N4O2/c1-14(2,3)18-9-8-17(10-13(18)20)12(19)4-6-16-7-5-15-11-16/h5,7,11H,4,6,8-10H2,1-3H3. The molecule has 0 saturated carbocycles. The van der Waals surface area contributed by atoms with Gasteiger partial charge in [-0.3, -0.25) is 9.59 Å². The van der Waals surface area contributed by atoms with Gasteiger partial charge in [0.05, 0.1) is 12.9 Å². The lowest BCUT2D eigenvalue weighted by Crippen LogP contribution is -2.58. The molecule has 1 aliphatic rings. The van der Waals surface area contributed by atoms with E-state index in [9.17, 15) is 9.59 Å². The van der Waals surface area contributed by atoms with Crippen LogP contribution in [-0.4, -0.2) is 56.3 Å². The molecule has 0 radical (unpaired) electrons. The number of hydrogen-bond donors (Lipinski definition) is 0. The molecule has 0 atom stereocenters. The molecule has 0 spiro atoms. The smallest absolute Gasteiger partial charge is 0.242 e. The third-order valence-electron chi connectivity index (χ3n) is 3.53. The molecule has 1 aliphatic heterocycles. The van der Waals surface area contributed by atoms with Crippen molar-refractivity contribution >= 4 is 11.8 Å². The molecule has 6 nitrogen and oxygen atoms in total. The Bertz CT molecular complexity index is 476. The molecule has 0 N–H and O–H groups in total. The van der Waals surface area contributed by atoms with Crippen LogP contribution in [0.5, 0.6) is 0 Å². The Balaban J connectivity index is 1.86. The minimum absolute atomic E-state index is 0.0275. The first-order chi connectivity index (χ1) is 9.38. The van der Waals surface area contributed by atoms with Gasteiger partial charge in [-0.1, -0.05) is 0 Å². The first-order valence-corrected chi connectivity index (χ1v) is 6.92. The zero-order valence-electron chi connectivity index (χ0n) is 12.4. The van der Waals surface area contributed by atoms with E-state index >= 15 is 0 Å². The predicted molar refractivity (Wildman–Crippen MR) is 74.9 cm³/mol. The summed E-state index contributed by atoms with van der Waals surface area (Å²) in [6.45, 7) is 8.07. The van der Waals surface area contributed by atoms with Crippen molar-refractivity contribution in [2.75, 3.05) is 19.6 Å². The van der Waals surface area contributed by atoms with Crippen LogP contribution in [0.1, 0.15) is 27.2 Å². The molecule has 6 heteroatoms. The molecule has 1 aromatic rings. The summed E-state index contributed by atoms with van der Waals surface area (Å²) in [5.41, 5.74) is -0.178. The number of hydrogen-bond acceptors (Lipinski definition) is 3. The third-order valence-corrected chi connectivity index (χ3v) is 3.53. The SMILES string of the molecule is CC(C)(C)N1CCN(C(=O)CCn2ccnc2)CC1=O. The monoisotopic (exact) mass is 278 g/mol. The van der Waals surface area contributed by atoms with Crippen LogP contribution in [0, 0.1) is 0 Å². The summed E-state index contributed by atoms with van der Waals surface area (Å²) in [4.78, 5) is 31.7. The van der Waals surface area contributed by atoms with Crippen molar-refractivity contribution in [1.82, 2.24) is 19.4 Å². The number of rotatable bonds is 3. The lowest BCUT2D eigenvalue weighted by Gasteiger charge is -2.42. The van der Waals surface area contributed by atoms with E-state index in [1.54, 1.807) is 17.4 Å². The summed E-state index contributed by atoms with van der Waals surface area (Å²) in [7, 11) is 0. The number of piperazine rings is 1. The minimum atomic E-state index is -0.178. The summed E-state index contributed by atoms with van der Waals surface area (Å²) < 4.78 is 1.87. The van der Waals surface area contributed by atoms with Crippen LogP contribution in [0.25, 0.3) is 0 Å². The topological polar surface area (TPSA) is 58.4 Å². The number of carbonyl (C=O) groups excluding carboxylic acids is 2. The van der Waals surface area contributed by atoms with Gasteiger partial charge in [0.1, 0.15) is 0 Å². The number of carbonyl (C=O) groups is 2. The van der Waals surface area contributed by atoms with E-state index in [2.05, 4.69) is 4.98 Å². The maximum Gasteiger partial charge on any atom is 0.242 e. The molecule has 0 aliphatic carbocycles. The zero-order valence-corrected chi connectivity index (χ0v) is 12.4. The quantitative estimate of drug-likeness (QED) is 0.819. The number of nitrogens with zero attached hydrogens (tertiary/aromatic N) is 4. The number of amides is 2. The Kier molecular flexibility index (Phi) is 4.11. The van der Waals surface area contributed by atoms with Crippen LogP contribution in [-0.2, 0) is 16.1 Å². The van der Waals surface area contributed by atoms with Crippen molar-refractivity contribution in [3.05, 3.63) is 18.7 Å². The van der Waals surface area contributed by atoms with Gasteiger partial charge in [-0.05, 0) is 20.8 Å². The zero-order chi connectivity index (χ0) is 14.8. The van der Waals surface area contributed by atoms with Gasteiger partial charge in [-0.15, -0.1) is 0 Å². The van der Waals surface area contributed by atoms with Crippen LogP contribution < -0.4 is 0 Å². The highest BCUT2D eigenvalue weighted by molar-refractivity contribution is 5.86. The molecule has 0 aromatic carbocycles. The van der Waals surface area contributed by atoms with Gasteiger partial charge in [0, 0.05) is 44.0 Å². The van der Waals surface area contributed by atoms with Crippen molar-refractivity contribution in [3.63, 3.8) is 0 Å². The second-order valence-electron chi connectivity index (χ2n) is 6.08. The van der Waals surface area contributed by atoms with Crippen LogP contribution in [0.2, 0.25) is 0 Å². The first kappa shape index (κ1) is 14.6. The Labute approximate surface area is 119 Å². The van der Waals surface area contributed by atoms with Gasteiger partial charge in [0.25, 0.3) is 0 Å². The Morgan fingerprint density at radius 3 is 2.65 bits per heavy atom. The van der Waals surface area contributed by atoms with Crippen LogP contribution in [0.3, 0.4) is 0 Å². The summed E-state index contributed by atoms with van der Waals surface area (Å²) in [6.07, 6.45) is 5.61. The fourth-order valence-corrected chi connectivity index (χ4v) is 2.40. The van der Waals surface area contributed by atoms with Gasteiger partial charge in [0.15, 0.2) is 0 Å². The maximum atomic E-state index is 12.1. The summed E-state index contributed by atoms with van der Waals surface area (Å²) in [5, 5.41) is 0. The highest BCUT2D eigenvalue weighted by Gasteiger charge is 2.32. The van der Waals surface area contributed by atoms with Gasteiger partial charge in [-0.2, -0.15) is 0 Å². The average Bonchev–Trinajstić information content (AvgIpc) is 2.87. The van der Waals surface area contributed by atoms with Crippen molar-refractivity contribution in [2.45, 2.75) is 39.3 Å². The highest BCUT2D eigenvalue weighted by Crippen LogP contribution is 2.17. The highest BCUT2D eigenvalue weighted by atomic mass is 16.2. The average molecular weight is 278 g/mol. The minimum Gasteiger partial charge on any atom is -0.337 e. The lowest BCUT2D eigenvalue weighted by atomic mass is 10.0. The van der Waals surface area contributed by atoms with E-state index < -0.39 is 0 Å². The van der Waals surface area contributed by atoms with E-state index in [1.165, 1.54) is 0 Å². The normalized spacial score (nSPS) is 16.6. The molecule has 2 amide bonds. The second-order valence-corrected chi connectivity index (χ2v) is 6.08. The third kappa shape index (κ3) is 3.37. The van der Waals surface area contributed by atoms with E-state index in [0.29, 0.717) is 26.1 Å². The summed E-state index contributed by atoms with van der Waals surface area (Å²) in [6, 6.07) is 0. The molecule has 1 fully saturated rings. The maximum absolute atomic E-state index is 12.1. The van der Waals surface area contributed by atoms with E-state index in [4.69, 9.17) is 0 Å². The Morgan fingerprint density at radius 2 is 2.10 bits per heavy atom. The fraction of sp³-hybridized carbons (Fsp3) is 0.643. The molecule has 1 aromatic heterocycles. The van der Waals surface area contributed by atoms with Crippen molar-refractivity contribution < 1.29 is 9.59 Å². The van der Waals surface area contributed by atoms with Gasteiger partial charge in [0.2, 0.25) is 11.8 Å². The first-order valence-electron chi connectivity index (χ1n) is 6.92. The van der Waals surface area contributed by atoms with E-state index in [-0.39, 0.29) is 23.9 Å². The lowest BCUT2D eigenvalue weighted by molar-refractivity contribution is -0.149. The van der Waals surface area contributed by atoms with E-state index in [1.807, 2.05) is 36.4 Å². The molecule has 0 bridgehead atoms. The predicted octanol–water partition coefficient (Wildman–Crippen LogP) is 0.742. The fourth-order valence-electron chi connectivity index (χ4n) is 2.40. The van der Waals surface area contributed by atoms with Gasteiger partial charge in [-0.25, -0.2) is 4.98 Å². The van der Waals surface area contributed by atoms with Crippen molar-refractivity contribution in [3.8, 4) is 0 Å². The molecule has 20 heavy (non-hydrogen) atoms. The van der Waals surface area contributed by atoms with Crippen molar-refractivity contribution in [1.29, 1.82) is 0 Å².